The van der Waals surface area contributed by atoms with Gasteiger partial charge in [-0.3, -0.25) is 0 Å². The Bertz CT molecular complexity index is 598. The van der Waals surface area contributed by atoms with Gasteiger partial charge >= 0.3 is 0 Å². The Morgan fingerprint density at radius 3 is 2.94 bits per heavy atom. The maximum absolute atomic E-state index is 9.06. The highest BCUT2D eigenvalue weighted by molar-refractivity contribution is 6.69. The normalized spacial score (nSPS) is 11.2. The molecule has 0 amide bonds. The predicted octanol–water partition coefficient (Wildman–Crippen LogP) is 2.12. The van der Waals surface area contributed by atoms with Crippen LogP contribution in [0.25, 0.3) is 5.69 Å². The summed E-state index contributed by atoms with van der Waals surface area (Å²) in [5, 5.41) is 24.5. The van der Waals surface area contributed by atoms with E-state index in [0.717, 1.165) is 0 Å². The van der Waals surface area contributed by atoms with E-state index in [4.69, 9.17) is 22.1 Å². The second kappa shape index (κ2) is 4.68. The fourth-order valence-electron chi connectivity index (χ4n) is 1.42. The summed E-state index contributed by atoms with van der Waals surface area (Å²) in [5.41, 5.74) is 1.51. The summed E-state index contributed by atoms with van der Waals surface area (Å²) in [6, 6.07) is 8.69. The van der Waals surface area contributed by atoms with E-state index in [0.29, 0.717) is 16.8 Å². The standard InChI is InChI=1S/C11H7ClN4O/c12-11(15-17)8-2-3-10(9(6-8)7-13)16-5-1-4-14-16/h1-6,17H. The van der Waals surface area contributed by atoms with Gasteiger partial charge in [0.15, 0.2) is 5.17 Å². The second-order valence-electron chi connectivity index (χ2n) is 3.19. The topological polar surface area (TPSA) is 74.2 Å². The van der Waals surface area contributed by atoms with Crippen molar-refractivity contribution in [1.29, 1.82) is 5.26 Å². The molecule has 2 rings (SSSR count). The van der Waals surface area contributed by atoms with Gasteiger partial charge in [0.05, 0.1) is 11.3 Å². The van der Waals surface area contributed by atoms with Crippen molar-refractivity contribution >= 4 is 16.8 Å². The Balaban J connectivity index is 2.55. The van der Waals surface area contributed by atoms with Gasteiger partial charge in [-0.2, -0.15) is 10.4 Å². The van der Waals surface area contributed by atoms with Crippen LogP contribution in [0.1, 0.15) is 11.1 Å². The van der Waals surface area contributed by atoms with Crippen molar-refractivity contribution in [3.8, 4) is 11.8 Å². The molecule has 0 spiro atoms. The highest BCUT2D eigenvalue weighted by Crippen LogP contribution is 2.16. The fourth-order valence-corrected chi connectivity index (χ4v) is 1.54. The first-order valence-corrected chi connectivity index (χ1v) is 5.06. The van der Waals surface area contributed by atoms with E-state index in [-0.39, 0.29) is 5.17 Å². The van der Waals surface area contributed by atoms with Gasteiger partial charge in [0, 0.05) is 18.0 Å². The summed E-state index contributed by atoms with van der Waals surface area (Å²) in [7, 11) is 0. The van der Waals surface area contributed by atoms with Crippen LogP contribution < -0.4 is 0 Å². The molecule has 6 heteroatoms. The lowest BCUT2D eigenvalue weighted by molar-refractivity contribution is 0.321. The molecule has 0 aliphatic heterocycles. The lowest BCUT2D eigenvalue weighted by Crippen LogP contribution is -2.00. The first-order chi connectivity index (χ1) is 8.26. The first kappa shape index (κ1) is 11.2. The zero-order valence-corrected chi connectivity index (χ0v) is 9.33. The van der Waals surface area contributed by atoms with Crippen LogP contribution in [0.4, 0.5) is 0 Å². The minimum atomic E-state index is -0.0616. The molecule has 1 aromatic carbocycles. The molecule has 0 saturated carbocycles. The lowest BCUT2D eigenvalue weighted by Gasteiger charge is -2.05. The maximum Gasteiger partial charge on any atom is 0.175 e. The van der Waals surface area contributed by atoms with Crippen LogP contribution in [-0.4, -0.2) is 20.2 Å². The molecule has 84 valence electrons. The van der Waals surface area contributed by atoms with Gasteiger partial charge in [0.1, 0.15) is 6.07 Å². The van der Waals surface area contributed by atoms with Crippen LogP contribution >= 0.6 is 11.6 Å². The highest BCUT2D eigenvalue weighted by Gasteiger charge is 2.08. The van der Waals surface area contributed by atoms with E-state index in [1.54, 1.807) is 41.3 Å². The maximum atomic E-state index is 9.06. The fraction of sp³-hybridized carbons (Fsp3) is 0. The molecular formula is C11H7ClN4O. The van der Waals surface area contributed by atoms with Crippen LogP contribution in [0.3, 0.4) is 0 Å². The molecule has 0 aliphatic rings. The van der Waals surface area contributed by atoms with Crippen LogP contribution in [-0.2, 0) is 0 Å². The molecule has 0 unspecified atom stereocenters. The zero-order chi connectivity index (χ0) is 12.3. The third-order valence-corrected chi connectivity index (χ3v) is 2.49. The molecule has 1 N–H and O–H groups in total. The van der Waals surface area contributed by atoms with Crippen molar-refractivity contribution in [2.45, 2.75) is 0 Å². The van der Waals surface area contributed by atoms with E-state index in [2.05, 4.69) is 10.3 Å². The lowest BCUT2D eigenvalue weighted by atomic mass is 10.1. The van der Waals surface area contributed by atoms with Gasteiger partial charge in [-0.1, -0.05) is 16.8 Å². The number of benzene rings is 1. The second-order valence-corrected chi connectivity index (χ2v) is 3.54. The Hall–Kier alpha value is -2.32. The Labute approximate surface area is 102 Å². The number of nitrogens with zero attached hydrogens (tertiary/aromatic N) is 4. The minimum Gasteiger partial charge on any atom is -0.410 e. The molecule has 0 atom stereocenters. The van der Waals surface area contributed by atoms with Crippen molar-refractivity contribution in [3.05, 3.63) is 47.8 Å². The van der Waals surface area contributed by atoms with E-state index in [9.17, 15) is 0 Å². The number of hydrogen-bond donors (Lipinski definition) is 1. The Morgan fingerprint density at radius 1 is 1.53 bits per heavy atom. The number of oxime groups is 1. The zero-order valence-electron chi connectivity index (χ0n) is 8.58. The SMILES string of the molecule is N#Cc1cc(C(Cl)=NO)ccc1-n1cccn1. The molecule has 2 aromatic rings. The molecule has 1 heterocycles. The van der Waals surface area contributed by atoms with Gasteiger partial charge in [-0.15, -0.1) is 0 Å². The van der Waals surface area contributed by atoms with Gasteiger partial charge < -0.3 is 5.21 Å². The molecular weight excluding hydrogens is 240 g/mol. The van der Waals surface area contributed by atoms with Gasteiger partial charge in [0.25, 0.3) is 0 Å². The molecule has 17 heavy (non-hydrogen) atoms. The number of nitriles is 1. The van der Waals surface area contributed by atoms with E-state index < -0.39 is 0 Å². The van der Waals surface area contributed by atoms with Crippen molar-refractivity contribution in [2.24, 2.45) is 5.16 Å². The average Bonchev–Trinajstić information content (AvgIpc) is 2.90. The minimum absolute atomic E-state index is 0.0616. The van der Waals surface area contributed by atoms with Gasteiger partial charge in [0.2, 0.25) is 0 Å². The van der Waals surface area contributed by atoms with Crippen molar-refractivity contribution in [3.63, 3.8) is 0 Å². The summed E-state index contributed by atoms with van der Waals surface area (Å²) in [5.74, 6) is 0. The van der Waals surface area contributed by atoms with Crippen LogP contribution in [0, 0.1) is 11.3 Å². The number of aromatic nitrogens is 2. The van der Waals surface area contributed by atoms with Crippen molar-refractivity contribution in [1.82, 2.24) is 9.78 Å². The summed E-state index contributed by atoms with van der Waals surface area (Å²) in [6.45, 7) is 0. The largest absolute Gasteiger partial charge is 0.410 e. The quantitative estimate of drug-likeness (QED) is 0.501. The molecule has 0 aliphatic carbocycles. The molecule has 0 fully saturated rings. The van der Waals surface area contributed by atoms with Crippen LogP contribution in [0.15, 0.2) is 41.8 Å². The summed E-state index contributed by atoms with van der Waals surface area (Å²) >= 11 is 5.67. The van der Waals surface area contributed by atoms with Gasteiger partial charge in [-0.05, 0) is 24.3 Å². The Kier molecular flexibility index (Phi) is 3.08. The average molecular weight is 247 g/mol. The number of hydrogen-bond acceptors (Lipinski definition) is 4. The summed E-state index contributed by atoms with van der Waals surface area (Å²) in [4.78, 5) is 0. The third-order valence-electron chi connectivity index (χ3n) is 2.19. The first-order valence-electron chi connectivity index (χ1n) is 4.68. The number of rotatable bonds is 2. The van der Waals surface area contributed by atoms with Crippen molar-refractivity contribution < 1.29 is 5.21 Å². The smallest absolute Gasteiger partial charge is 0.175 e. The molecule has 0 saturated heterocycles. The van der Waals surface area contributed by atoms with Crippen LogP contribution in [0.2, 0.25) is 0 Å². The monoisotopic (exact) mass is 246 g/mol. The molecule has 0 radical (unpaired) electrons. The molecule has 1 aromatic heterocycles. The Morgan fingerprint density at radius 2 is 2.35 bits per heavy atom. The molecule has 5 nitrogen and oxygen atoms in total. The summed E-state index contributed by atoms with van der Waals surface area (Å²) in [6.07, 6.45) is 3.36. The van der Waals surface area contributed by atoms with Crippen molar-refractivity contribution in [2.75, 3.05) is 0 Å². The van der Waals surface area contributed by atoms with E-state index >= 15 is 0 Å². The summed E-state index contributed by atoms with van der Waals surface area (Å²) < 4.78 is 1.58. The highest BCUT2D eigenvalue weighted by atomic mass is 35.5. The van der Waals surface area contributed by atoms with Gasteiger partial charge in [-0.25, -0.2) is 4.68 Å². The molecule has 0 bridgehead atoms. The number of halogens is 1. The predicted molar refractivity (Wildman–Crippen MR) is 62.5 cm³/mol. The van der Waals surface area contributed by atoms with E-state index in [1.165, 1.54) is 0 Å². The third kappa shape index (κ3) is 2.12. The van der Waals surface area contributed by atoms with Crippen LogP contribution in [0.5, 0.6) is 0 Å². The van der Waals surface area contributed by atoms with E-state index in [1.807, 2.05) is 6.07 Å².